The molecular formula is C23H38ClN3. The van der Waals surface area contributed by atoms with Gasteiger partial charge in [-0.3, -0.25) is 9.80 Å². The second kappa shape index (κ2) is 8.82. The summed E-state index contributed by atoms with van der Waals surface area (Å²) in [5.41, 5.74) is 1.42. The smallest absolute Gasteiger partial charge is 0.0571 e. The average Bonchev–Trinajstić information content (AvgIpc) is 2.64. The number of hydrogen-bond donors (Lipinski definition) is 1. The molecule has 3 nitrogen and oxygen atoms in total. The van der Waals surface area contributed by atoms with E-state index in [1.807, 2.05) is 0 Å². The topological polar surface area (TPSA) is 18.5 Å². The first-order valence-electron chi connectivity index (χ1n) is 10.9. The summed E-state index contributed by atoms with van der Waals surface area (Å²) in [6, 6.07) is 10.3. The van der Waals surface area contributed by atoms with Crippen LogP contribution in [-0.4, -0.2) is 53.7 Å². The third kappa shape index (κ3) is 4.22. The van der Waals surface area contributed by atoms with Gasteiger partial charge in [-0.15, -0.1) is 0 Å². The van der Waals surface area contributed by atoms with Crippen molar-refractivity contribution in [2.75, 3.05) is 19.6 Å². The molecule has 1 aromatic carbocycles. The van der Waals surface area contributed by atoms with Gasteiger partial charge in [0.1, 0.15) is 0 Å². The van der Waals surface area contributed by atoms with Gasteiger partial charge in [0, 0.05) is 35.1 Å². The van der Waals surface area contributed by atoms with Gasteiger partial charge in [0.05, 0.1) is 6.17 Å². The number of fused-ring (bicyclic) bond motifs is 1. The molecule has 1 aromatic rings. The fraction of sp³-hybridized carbons (Fsp3) is 0.739. The van der Waals surface area contributed by atoms with Crippen LogP contribution in [0.3, 0.4) is 0 Å². The summed E-state index contributed by atoms with van der Waals surface area (Å²) in [6.07, 6.45) is 5.52. The van der Waals surface area contributed by atoms with Crippen LogP contribution >= 0.6 is 11.6 Å². The molecule has 2 aliphatic heterocycles. The minimum Gasteiger partial charge on any atom is -0.301 e. The number of nitrogens with zero attached hydrogens (tertiary/aromatic N) is 2. The molecular weight excluding hydrogens is 354 g/mol. The zero-order chi connectivity index (χ0) is 19.6. The van der Waals surface area contributed by atoms with E-state index in [0.717, 1.165) is 24.5 Å². The highest BCUT2D eigenvalue weighted by Crippen LogP contribution is 2.44. The molecule has 0 radical (unpaired) electrons. The van der Waals surface area contributed by atoms with Crippen molar-refractivity contribution in [3.05, 3.63) is 34.9 Å². The number of hydrogen-bond acceptors (Lipinski definition) is 3. The molecule has 3 atom stereocenters. The third-order valence-corrected chi connectivity index (χ3v) is 7.28. The first-order chi connectivity index (χ1) is 12.9. The maximum absolute atomic E-state index is 6.80. The van der Waals surface area contributed by atoms with E-state index in [0.29, 0.717) is 24.3 Å². The van der Waals surface area contributed by atoms with E-state index in [1.54, 1.807) is 0 Å². The van der Waals surface area contributed by atoms with E-state index in [-0.39, 0.29) is 5.41 Å². The maximum atomic E-state index is 6.80. The van der Waals surface area contributed by atoms with Crippen LogP contribution in [-0.2, 0) is 5.41 Å². The molecule has 0 saturated carbocycles. The Labute approximate surface area is 171 Å². The summed E-state index contributed by atoms with van der Waals surface area (Å²) in [5, 5.41) is 4.76. The molecule has 3 rings (SSSR count). The third-order valence-electron chi connectivity index (χ3n) is 6.95. The van der Waals surface area contributed by atoms with Crippen molar-refractivity contribution in [3.8, 4) is 0 Å². The van der Waals surface area contributed by atoms with Crippen molar-refractivity contribution in [3.63, 3.8) is 0 Å². The molecule has 3 unspecified atom stereocenters. The number of nitrogens with one attached hydrogen (secondary N) is 1. The van der Waals surface area contributed by atoms with E-state index >= 15 is 0 Å². The van der Waals surface area contributed by atoms with Gasteiger partial charge in [-0.25, -0.2) is 0 Å². The lowest BCUT2D eigenvalue weighted by atomic mass is 9.66. The fourth-order valence-corrected chi connectivity index (χ4v) is 5.87. The molecule has 152 valence electrons. The summed E-state index contributed by atoms with van der Waals surface area (Å²) in [5.74, 6) is 0. The van der Waals surface area contributed by atoms with Crippen LogP contribution in [0.5, 0.6) is 0 Å². The molecule has 0 bridgehead atoms. The van der Waals surface area contributed by atoms with Gasteiger partial charge >= 0.3 is 0 Å². The minimum absolute atomic E-state index is 0.0767. The molecule has 0 aromatic heterocycles. The number of halogens is 1. The predicted molar refractivity (Wildman–Crippen MR) is 117 cm³/mol. The summed E-state index contributed by atoms with van der Waals surface area (Å²) >= 11 is 6.80. The van der Waals surface area contributed by atoms with Crippen LogP contribution in [0.1, 0.15) is 65.9 Å². The zero-order valence-corrected chi connectivity index (χ0v) is 18.6. The number of rotatable bonds is 6. The van der Waals surface area contributed by atoms with E-state index in [2.05, 4.69) is 74.0 Å². The monoisotopic (exact) mass is 391 g/mol. The lowest BCUT2D eigenvalue weighted by Crippen LogP contribution is -2.68. The highest BCUT2D eigenvalue weighted by atomic mass is 35.5. The van der Waals surface area contributed by atoms with E-state index in [4.69, 9.17) is 11.6 Å². The van der Waals surface area contributed by atoms with Crippen LogP contribution in [0.4, 0.5) is 0 Å². The van der Waals surface area contributed by atoms with Gasteiger partial charge in [0.25, 0.3) is 0 Å². The number of benzene rings is 1. The number of piperidine rings is 1. The van der Waals surface area contributed by atoms with Crippen molar-refractivity contribution < 1.29 is 0 Å². The zero-order valence-electron chi connectivity index (χ0n) is 17.8. The lowest BCUT2D eigenvalue weighted by molar-refractivity contribution is -0.0160. The maximum Gasteiger partial charge on any atom is 0.0571 e. The molecule has 4 heteroatoms. The van der Waals surface area contributed by atoms with Crippen LogP contribution in [0, 0.1) is 0 Å². The Bertz CT molecular complexity index is 609. The van der Waals surface area contributed by atoms with Gasteiger partial charge in [-0.1, -0.05) is 36.2 Å². The van der Waals surface area contributed by atoms with Crippen molar-refractivity contribution in [2.45, 2.75) is 90.0 Å². The molecule has 0 amide bonds. The van der Waals surface area contributed by atoms with Crippen LogP contribution < -0.4 is 5.32 Å². The molecule has 27 heavy (non-hydrogen) atoms. The predicted octanol–water partition coefficient (Wildman–Crippen LogP) is 4.89. The van der Waals surface area contributed by atoms with E-state index in [9.17, 15) is 0 Å². The molecule has 2 heterocycles. The SMILES string of the molecule is CC(C)N(CCC1(c2ccccc2Cl)CNC(C)N2CCCCC21)C(C)C. The van der Waals surface area contributed by atoms with Gasteiger partial charge < -0.3 is 5.32 Å². The summed E-state index contributed by atoms with van der Waals surface area (Å²) < 4.78 is 0. The van der Waals surface area contributed by atoms with Crippen LogP contribution in [0.2, 0.25) is 5.02 Å². The molecule has 2 saturated heterocycles. The first kappa shape index (κ1) is 21.1. The van der Waals surface area contributed by atoms with E-state index in [1.165, 1.54) is 31.4 Å². The lowest BCUT2D eigenvalue weighted by Gasteiger charge is -2.56. The van der Waals surface area contributed by atoms with Gasteiger partial charge in [-0.2, -0.15) is 0 Å². The highest BCUT2D eigenvalue weighted by molar-refractivity contribution is 6.31. The standard InChI is InChI=1S/C23H38ClN3/c1-17(2)26(18(3)4)15-13-23(20-10-6-7-11-21(20)24)16-25-19(5)27-14-9-8-12-22(23)27/h6-7,10-11,17-19,22,25H,8-9,12-16H2,1-5H3. The second-order valence-electron chi connectivity index (χ2n) is 9.12. The fourth-order valence-electron chi connectivity index (χ4n) is 5.55. The van der Waals surface area contributed by atoms with Crippen molar-refractivity contribution in [1.29, 1.82) is 0 Å². The Hall–Kier alpha value is -0.610. The Morgan fingerprint density at radius 2 is 1.89 bits per heavy atom. The van der Waals surface area contributed by atoms with Crippen molar-refractivity contribution >= 4 is 11.6 Å². The van der Waals surface area contributed by atoms with Gasteiger partial charge in [-0.05, 0) is 78.6 Å². The Morgan fingerprint density at radius 1 is 1.19 bits per heavy atom. The first-order valence-corrected chi connectivity index (χ1v) is 11.2. The second-order valence-corrected chi connectivity index (χ2v) is 9.52. The molecule has 2 fully saturated rings. The summed E-state index contributed by atoms with van der Waals surface area (Å²) in [6.45, 7) is 14.9. The Kier molecular flexibility index (Phi) is 6.89. The van der Waals surface area contributed by atoms with Crippen molar-refractivity contribution in [1.82, 2.24) is 15.1 Å². The molecule has 2 aliphatic rings. The Morgan fingerprint density at radius 3 is 2.56 bits per heavy atom. The average molecular weight is 392 g/mol. The van der Waals surface area contributed by atoms with Gasteiger partial charge in [0.15, 0.2) is 0 Å². The van der Waals surface area contributed by atoms with E-state index < -0.39 is 0 Å². The van der Waals surface area contributed by atoms with Crippen LogP contribution in [0.25, 0.3) is 0 Å². The van der Waals surface area contributed by atoms with Crippen molar-refractivity contribution in [2.24, 2.45) is 0 Å². The normalized spacial score (nSPS) is 29.5. The summed E-state index contributed by atoms with van der Waals surface area (Å²) in [4.78, 5) is 5.34. The Balaban J connectivity index is 1.98. The molecule has 0 spiro atoms. The summed E-state index contributed by atoms with van der Waals surface area (Å²) in [7, 11) is 0. The quantitative estimate of drug-likeness (QED) is 0.744. The molecule has 0 aliphatic carbocycles. The minimum atomic E-state index is 0.0767. The van der Waals surface area contributed by atoms with Crippen LogP contribution in [0.15, 0.2) is 24.3 Å². The molecule has 1 N–H and O–H groups in total. The highest BCUT2D eigenvalue weighted by Gasteiger charge is 2.49. The largest absolute Gasteiger partial charge is 0.301 e. The van der Waals surface area contributed by atoms with Gasteiger partial charge in [0.2, 0.25) is 0 Å².